The maximum absolute atomic E-state index is 12.3. The average molecular weight is 170 g/mol. The van der Waals surface area contributed by atoms with Crippen molar-refractivity contribution in [1.82, 2.24) is 19.8 Å². The van der Waals surface area contributed by atoms with Crippen LogP contribution in [0.25, 0.3) is 5.65 Å². The van der Waals surface area contributed by atoms with Crippen molar-refractivity contribution in [3.8, 4) is 0 Å². The summed E-state index contributed by atoms with van der Waals surface area (Å²) < 4.78 is 25.7. The maximum atomic E-state index is 12.3. The Morgan fingerprint density at radius 2 is 2.25 bits per heavy atom. The van der Waals surface area contributed by atoms with Crippen LogP contribution in [0.3, 0.4) is 0 Å². The number of hydrogen-bond donors (Lipinski definition) is 0. The van der Waals surface area contributed by atoms with Crippen LogP contribution < -0.4 is 0 Å². The summed E-state index contributed by atoms with van der Waals surface area (Å²) in [6, 6.07) is 1.23. The van der Waals surface area contributed by atoms with E-state index in [1.54, 1.807) is 0 Å². The summed E-state index contributed by atoms with van der Waals surface area (Å²) >= 11 is 0. The lowest BCUT2D eigenvalue weighted by Crippen LogP contribution is -1.95. The Bertz CT molecular complexity index is 397. The number of rotatable bonds is 1. The Hall–Kier alpha value is -1.59. The van der Waals surface area contributed by atoms with Crippen LogP contribution in [-0.2, 0) is 0 Å². The predicted octanol–water partition coefficient (Wildman–Crippen LogP) is 1.06. The van der Waals surface area contributed by atoms with E-state index in [-0.39, 0.29) is 11.2 Å². The van der Waals surface area contributed by atoms with E-state index in [0.29, 0.717) is 0 Å². The summed E-state index contributed by atoms with van der Waals surface area (Å²) in [6.45, 7) is 0. The van der Waals surface area contributed by atoms with Crippen molar-refractivity contribution in [2.45, 2.75) is 6.43 Å². The molecular weight excluding hydrogens is 166 g/mol. The van der Waals surface area contributed by atoms with Crippen LogP contribution in [0.15, 0.2) is 18.6 Å². The van der Waals surface area contributed by atoms with Gasteiger partial charge in [-0.05, 0) is 6.07 Å². The Morgan fingerprint density at radius 1 is 1.42 bits per heavy atom. The topological polar surface area (TPSA) is 43.1 Å². The van der Waals surface area contributed by atoms with Gasteiger partial charge in [-0.3, -0.25) is 0 Å². The van der Waals surface area contributed by atoms with Crippen molar-refractivity contribution in [3.05, 3.63) is 24.2 Å². The van der Waals surface area contributed by atoms with E-state index >= 15 is 0 Å². The van der Waals surface area contributed by atoms with Gasteiger partial charge in [0.25, 0.3) is 6.43 Å². The smallest absolute Gasteiger partial charge is 0.205 e. The number of fused-ring (bicyclic) bond motifs is 1. The molecular formula is C6H4F2N4. The van der Waals surface area contributed by atoms with Crippen molar-refractivity contribution < 1.29 is 8.78 Å². The fraction of sp³-hybridized carbons (Fsp3) is 0.167. The molecule has 0 aromatic carbocycles. The van der Waals surface area contributed by atoms with E-state index in [2.05, 4.69) is 15.3 Å². The standard InChI is InChI=1S/C6H4F2N4/c7-5(8)4-1-2-10-12-3-9-11-6(4)12/h1-3,5H. The zero-order valence-electron chi connectivity index (χ0n) is 5.85. The minimum atomic E-state index is -2.54. The van der Waals surface area contributed by atoms with Crippen LogP contribution in [0.4, 0.5) is 8.78 Å². The summed E-state index contributed by atoms with van der Waals surface area (Å²) in [7, 11) is 0. The first kappa shape index (κ1) is 7.08. The molecule has 0 fully saturated rings. The largest absolute Gasteiger partial charge is 0.267 e. The molecule has 0 aliphatic rings. The zero-order valence-corrected chi connectivity index (χ0v) is 5.85. The van der Waals surface area contributed by atoms with Gasteiger partial charge < -0.3 is 0 Å². The molecule has 62 valence electrons. The molecule has 0 bridgehead atoms. The molecule has 2 aromatic heterocycles. The third-order valence-electron chi connectivity index (χ3n) is 1.47. The molecule has 0 aliphatic heterocycles. The first-order valence-corrected chi connectivity index (χ1v) is 3.22. The molecule has 0 amide bonds. The fourth-order valence-corrected chi connectivity index (χ4v) is 0.935. The summed E-state index contributed by atoms with van der Waals surface area (Å²) in [4.78, 5) is 0. The highest BCUT2D eigenvalue weighted by Crippen LogP contribution is 2.20. The Labute approximate surface area is 65.8 Å². The number of aromatic nitrogens is 4. The molecule has 0 saturated heterocycles. The lowest BCUT2D eigenvalue weighted by molar-refractivity contribution is 0.152. The fourth-order valence-electron chi connectivity index (χ4n) is 0.935. The van der Waals surface area contributed by atoms with Crippen LogP contribution in [0.2, 0.25) is 0 Å². The van der Waals surface area contributed by atoms with Gasteiger partial charge in [0.2, 0.25) is 0 Å². The van der Waals surface area contributed by atoms with Crippen LogP contribution in [0, 0.1) is 0 Å². The van der Waals surface area contributed by atoms with Gasteiger partial charge in [-0.2, -0.15) is 5.10 Å². The maximum Gasteiger partial charge on any atom is 0.267 e. The Kier molecular flexibility index (Phi) is 1.46. The first-order chi connectivity index (χ1) is 5.79. The second-order valence-electron chi connectivity index (χ2n) is 2.19. The van der Waals surface area contributed by atoms with E-state index < -0.39 is 6.43 Å². The summed E-state index contributed by atoms with van der Waals surface area (Å²) in [5, 5.41) is 10.7. The van der Waals surface area contributed by atoms with E-state index in [0.717, 1.165) is 0 Å². The normalized spacial score (nSPS) is 11.2. The lowest BCUT2D eigenvalue weighted by Gasteiger charge is -1.98. The van der Waals surface area contributed by atoms with Gasteiger partial charge in [-0.25, -0.2) is 13.3 Å². The molecule has 2 heterocycles. The van der Waals surface area contributed by atoms with Gasteiger partial charge >= 0.3 is 0 Å². The summed E-state index contributed by atoms with van der Waals surface area (Å²) in [5.74, 6) is 0. The van der Waals surface area contributed by atoms with Crippen molar-refractivity contribution in [3.63, 3.8) is 0 Å². The van der Waals surface area contributed by atoms with Gasteiger partial charge in [-0.1, -0.05) is 0 Å². The molecule has 0 spiro atoms. The average Bonchev–Trinajstić information content (AvgIpc) is 2.49. The minimum Gasteiger partial charge on any atom is -0.205 e. The van der Waals surface area contributed by atoms with Crippen molar-refractivity contribution >= 4 is 5.65 Å². The van der Waals surface area contributed by atoms with Crippen LogP contribution in [0.5, 0.6) is 0 Å². The van der Waals surface area contributed by atoms with Crippen LogP contribution in [0.1, 0.15) is 12.0 Å². The highest BCUT2D eigenvalue weighted by atomic mass is 19.3. The summed E-state index contributed by atoms with van der Waals surface area (Å²) in [6.07, 6.45) is 0.0266. The van der Waals surface area contributed by atoms with Gasteiger partial charge in [0.1, 0.15) is 6.33 Å². The highest BCUT2D eigenvalue weighted by molar-refractivity contribution is 5.45. The van der Waals surface area contributed by atoms with E-state index in [1.165, 1.54) is 23.1 Å². The molecule has 0 unspecified atom stereocenters. The monoisotopic (exact) mass is 170 g/mol. The van der Waals surface area contributed by atoms with Gasteiger partial charge in [0, 0.05) is 6.20 Å². The molecule has 12 heavy (non-hydrogen) atoms. The highest BCUT2D eigenvalue weighted by Gasteiger charge is 2.13. The third-order valence-corrected chi connectivity index (χ3v) is 1.47. The number of nitrogens with zero attached hydrogens (tertiary/aromatic N) is 4. The Balaban J connectivity index is 2.73. The number of halogens is 2. The minimum absolute atomic E-state index is 0.104. The quantitative estimate of drug-likeness (QED) is 0.642. The molecule has 0 radical (unpaired) electrons. The van der Waals surface area contributed by atoms with Crippen LogP contribution in [-0.4, -0.2) is 19.8 Å². The number of hydrogen-bond acceptors (Lipinski definition) is 3. The van der Waals surface area contributed by atoms with Crippen LogP contribution >= 0.6 is 0 Å². The molecule has 0 aliphatic carbocycles. The van der Waals surface area contributed by atoms with Gasteiger partial charge in [0.15, 0.2) is 5.65 Å². The molecule has 0 atom stereocenters. The molecule has 2 aromatic rings. The van der Waals surface area contributed by atoms with E-state index in [1.807, 2.05) is 0 Å². The second-order valence-corrected chi connectivity index (χ2v) is 2.19. The zero-order chi connectivity index (χ0) is 8.55. The second kappa shape index (κ2) is 2.47. The molecule has 0 saturated carbocycles. The van der Waals surface area contributed by atoms with Gasteiger partial charge in [0.05, 0.1) is 5.56 Å². The van der Waals surface area contributed by atoms with Crippen molar-refractivity contribution in [1.29, 1.82) is 0 Å². The molecule has 4 nitrogen and oxygen atoms in total. The molecule has 6 heteroatoms. The van der Waals surface area contributed by atoms with Crippen molar-refractivity contribution in [2.24, 2.45) is 0 Å². The SMILES string of the molecule is FC(F)c1ccnn2cnnc12. The van der Waals surface area contributed by atoms with Gasteiger partial charge in [-0.15, -0.1) is 10.2 Å². The molecule has 2 rings (SSSR count). The van der Waals surface area contributed by atoms with E-state index in [9.17, 15) is 8.78 Å². The number of alkyl halides is 2. The predicted molar refractivity (Wildman–Crippen MR) is 35.7 cm³/mol. The Morgan fingerprint density at radius 3 is 3.00 bits per heavy atom. The summed E-state index contributed by atoms with van der Waals surface area (Å²) in [5.41, 5.74) is -0.0463. The van der Waals surface area contributed by atoms with E-state index in [4.69, 9.17) is 0 Å². The third kappa shape index (κ3) is 0.919. The first-order valence-electron chi connectivity index (χ1n) is 3.22. The lowest BCUT2D eigenvalue weighted by atomic mass is 10.3. The molecule has 0 N–H and O–H groups in total. The van der Waals surface area contributed by atoms with Crippen molar-refractivity contribution in [2.75, 3.05) is 0 Å².